The molecule has 2 aromatic carbocycles. The third-order valence-corrected chi connectivity index (χ3v) is 3.80. The predicted molar refractivity (Wildman–Crippen MR) is 93.2 cm³/mol. The monoisotopic (exact) mass is 302 g/mol. The topological polar surface area (TPSA) is 25.2 Å². The zero-order chi connectivity index (χ0) is 16.2. The molecular weight excluding hydrogens is 284 g/mol. The first kappa shape index (κ1) is 14.9. The fourth-order valence-electron chi connectivity index (χ4n) is 2.57. The van der Waals surface area contributed by atoms with Crippen LogP contribution < -0.4 is 0 Å². The van der Waals surface area contributed by atoms with Gasteiger partial charge in [0, 0.05) is 36.8 Å². The maximum Gasteiger partial charge on any atom is 0.256 e. The SMILES string of the molecule is CN(CC#Cc1ccccc1)C(=O)c1cn(C)c2ccccc12. The average molecular weight is 302 g/mol. The lowest BCUT2D eigenvalue weighted by Crippen LogP contribution is -2.26. The molecule has 1 amide bonds. The van der Waals surface area contributed by atoms with E-state index in [4.69, 9.17) is 0 Å². The minimum absolute atomic E-state index is 0.0100. The molecule has 0 radical (unpaired) electrons. The number of carbonyl (C=O) groups is 1. The molecule has 0 aliphatic rings. The molecule has 0 unspecified atom stereocenters. The van der Waals surface area contributed by atoms with Crippen molar-refractivity contribution in [3.05, 3.63) is 71.9 Å². The van der Waals surface area contributed by atoms with Crippen LogP contribution in [0.3, 0.4) is 0 Å². The lowest BCUT2D eigenvalue weighted by atomic mass is 10.1. The van der Waals surface area contributed by atoms with Crippen LogP contribution in [0.5, 0.6) is 0 Å². The number of fused-ring (bicyclic) bond motifs is 1. The summed E-state index contributed by atoms with van der Waals surface area (Å²) < 4.78 is 1.98. The molecule has 3 heteroatoms. The molecule has 0 fully saturated rings. The molecule has 23 heavy (non-hydrogen) atoms. The Kier molecular flexibility index (Phi) is 4.16. The molecule has 0 aliphatic carbocycles. The summed E-state index contributed by atoms with van der Waals surface area (Å²) in [5, 5.41) is 0.975. The van der Waals surface area contributed by atoms with E-state index in [-0.39, 0.29) is 5.91 Å². The van der Waals surface area contributed by atoms with E-state index in [2.05, 4.69) is 11.8 Å². The van der Waals surface area contributed by atoms with Crippen molar-refractivity contribution in [1.29, 1.82) is 0 Å². The zero-order valence-corrected chi connectivity index (χ0v) is 13.3. The smallest absolute Gasteiger partial charge is 0.256 e. The summed E-state index contributed by atoms with van der Waals surface area (Å²) in [6.07, 6.45) is 1.88. The van der Waals surface area contributed by atoms with Crippen LogP contribution in [0, 0.1) is 11.8 Å². The molecule has 1 heterocycles. The fourth-order valence-corrected chi connectivity index (χ4v) is 2.57. The number of aryl methyl sites for hydroxylation is 1. The summed E-state index contributed by atoms with van der Waals surface area (Å²) in [6, 6.07) is 17.7. The molecule has 3 rings (SSSR count). The minimum atomic E-state index is -0.0100. The number of hydrogen-bond donors (Lipinski definition) is 0. The summed E-state index contributed by atoms with van der Waals surface area (Å²) in [5.74, 6) is 6.12. The van der Waals surface area contributed by atoms with E-state index in [1.807, 2.05) is 72.4 Å². The molecule has 1 aromatic heterocycles. The van der Waals surface area contributed by atoms with Gasteiger partial charge in [-0.3, -0.25) is 4.79 Å². The van der Waals surface area contributed by atoms with Gasteiger partial charge in [-0.25, -0.2) is 0 Å². The van der Waals surface area contributed by atoms with Crippen molar-refractivity contribution in [2.75, 3.05) is 13.6 Å². The van der Waals surface area contributed by atoms with Gasteiger partial charge in [-0.2, -0.15) is 0 Å². The Balaban J connectivity index is 1.78. The van der Waals surface area contributed by atoms with Gasteiger partial charge in [0.2, 0.25) is 0 Å². The van der Waals surface area contributed by atoms with Crippen LogP contribution in [0.15, 0.2) is 60.8 Å². The molecule has 0 atom stereocenters. The Labute approximate surface area is 136 Å². The van der Waals surface area contributed by atoms with E-state index in [0.717, 1.165) is 16.5 Å². The summed E-state index contributed by atoms with van der Waals surface area (Å²) in [4.78, 5) is 14.3. The average Bonchev–Trinajstić information content (AvgIpc) is 2.92. The number of nitrogens with zero attached hydrogens (tertiary/aromatic N) is 2. The highest BCUT2D eigenvalue weighted by Crippen LogP contribution is 2.21. The van der Waals surface area contributed by atoms with Gasteiger partial charge < -0.3 is 9.47 Å². The second-order valence-electron chi connectivity index (χ2n) is 5.50. The van der Waals surface area contributed by atoms with Gasteiger partial charge >= 0.3 is 0 Å². The number of hydrogen-bond acceptors (Lipinski definition) is 1. The van der Waals surface area contributed by atoms with Crippen molar-refractivity contribution < 1.29 is 4.79 Å². The standard InChI is InChI=1S/C20H18N2O/c1-21(14-8-11-16-9-4-3-5-10-16)20(23)18-15-22(2)19-13-7-6-12-17(18)19/h3-7,9-10,12-13,15H,14H2,1-2H3. The maximum absolute atomic E-state index is 12.7. The van der Waals surface area contributed by atoms with Gasteiger partial charge in [0.05, 0.1) is 12.1 Å². The van der Waals surface area contributed by atoms with Crippen LogP contribution in [0.4, 0.5) is 0 Å². The number of amides is 1. The molecule has 0 bridgehead atoms. The largest absolute Gasteiger partial charge is 0.350 e. The van der Waals surface area contributed by atoms with Crippen LogP contribution >= 0.6 is 0 Å². The van der Waals surface area contributed by atoms with Gasteiger partial charge in [0.25, 0.3) is 5.91 Å². The Hall–Kier alpha value is -2.99. The van der Waals surface area contributed by atoms with Crippen molar-refractivity contribution >= 4 is 16.8 Å². The highest BCUT2D eigenvalue weighted by molar-refractivity contribution is 6.06. The number of aromatic nitrogens is 1. The highest BCUT2D eigenvalue weighted by Gasteiger charge is 2.16. The van der Waals surface area contributed by atoms with Gasteiger partial charge in [-0.15, -0.1) is 0 Å². The molecule has 114 valence electrons. The molecule has 3 nitrogen and oxygen atoms in total. The summed E-state index contributed by atoms with van der Waals surface area (Å²) in [6.45, 7) is 0.400. The van der Waals surface area contributed by atoms with Crippen molar-refractivity contribution in [2.24, 2.45) is 7.05 Å². The molecule has 3 aromatic rings. The summed E-state index contributed by atoms with van der Waals surface area (Å²) in [5.41, 5.74) is 2.73. The molecule has 0 saturated heterocycles. The van der Waals surface area contributed by atoms with Crippen molar-refractivity contribution in [3.8, 4) is 11.8 Å². The van der Waals surface area contributed by atoms with E-state index >= 15 is 0 Å². The van der Waals surface area contributed by atoms with Crippen LogP contribution in [0.2, 0.25) is 0 Å². The number of benzene rings is 2. The first-order valence-corrected chi connectivity index (χ1v) is 7.50. The van der Waals surface area contributed by atoms with Gasteiger partial charge in [-0.1, -0.05) is 48.2 Å². The fraction of sp³-hybridized carbons (Fsp3) is 0.150. The van der Waals surface area contributed by atoms with Crippen molar-refractivity contribution in [3.63, 3.8) is 0 Å². The highest BCUT2D eigenvalue weighted by atomic mass is 16.2. The minimum Gasteiger partial charge on any atom is -0.350 e. The molecular formula is C20H18N2O. The second kappa shape index (κ2) is 6.41. The van der Waals surface area contributed by atoms with Gasteiger partial charge in [0.15, 0.2) is 0 Å². The lowest BCUT2D eigenvalue weighted by Gasteiger charge is -2.13. The first-order chi connectivity index (χ1) is 11.2. The molecule has 0 N–H and O–H groups in total. The lowest BCUT2D eigenvalue weighted by molar-refractivity contribution is 0.0814. The van der Waals surface area contributed by atoms with Crippen LogP contribution in [-0.2, 0) is 7.05 Å². The quantitative estimate of drug-likeness (QED) is 0.667. The van der Waals surface area contributed by atoms with Gasteiger partial charge in [-0.05, 0) is 18.2 Å². The Morgan fingerprint density at radius 2 is 1.78 bits per heavy atom. The zero-order valence-electron chi connectivity index (χ0n) is 13.3. The summed E-state index contributed by atoms with van der Waals surface area (Å²) >= 11 is 0. The van der Waals surface area contributed by atoms with Crippen LogP contribution in [0.25, 0.3) is 10.9 Å². The van der Waals surface area contributed by atoms with Crippen molar-refractivity contribution in [1.82, 2.24) is 9.47 Å². The van der Waals surface area contributed by atoms with E-state index in [9.17, 15) is 4.79 Å². The summed E-state index contributed by atoms with van der Waals surface area (Å²) in [7, 11) is 3.73. The third kappa shape index (κ3) is 3.12. The van der Waals surface area contributed by atoms with E-state index in [0.29, 0.717) is 12.1 Å². The number of para-hydroxylation sites is 1. The normalized spacial score (nSPS) is 10.2. The predicted octanol–water partition coefficient (Wildman–Crippen LogP) is 3.30. The van der Waals surface area contributed by atoms with Gasteiger partial charge in [0.1, 0.15) is 0 Å². The van der Waals surface area contributed by atoms with Crippen molar-refractivity contribution in [2.45, 2.75) is 0 Å². The molecule has 0 aliphatic heterocycles. The second-order valence-corrected chi connectivity index (χ2v) is 5.50. The Bertz CT molecular complexity index is 898. The Morgan fingerprint density at radius 1 is 1.09 bits per heavy atom. The molecule has 0 saturated carbocycles. The number of carbonyl (C=O) groups excluding carboxylic acids is 1. The first-order valence-electron chi connectivity index (χ1n) is 7.50. The third-order valence-electron chi connectivity index (χ3n) is 3.80. The van der Waals surface area contributed by atoms with Crippen LogP contribution in [0.1, 0.15) is 15.9 Å². The Morgan fingerprint density at radius 3 is 2.57 bits per heavy atom. The van der Waals surface area contributed by atoms with E-state index < -0.39 is 0 Å². The van der Waals surface area contributed by atoms with E-state index in [1.54, 1.807) is 11.9 Å². The molecule has 0 spiro atoms. The number of rotatable bonds is 2. The maximum atomic E-state index is 12.7. The van der Waals surface area contributed by atoms with Crippen LogP contribution in [-0.4, -0.2) is 29.0 Å². The van der Waals surface area contributed by atoms with E-state index in [1.165, 1.54) is 0 Å².